The van der Waals surface area contributed by atoms with Gasteiger partial charge in [-0.15, -0.1) is 0 Å². The number of anilines is 1. The molecule has 3 aromatic rings. The number of benzene rings is 1. The Morgan fingerprint density at radius 3 is 2.68 bits per heavy atom. The molecule has 0 aliphatic heterocycles. The van der Waals surface area contributed by atoms with Crippen molar-refractivity contribution in [3.63, 3.8) is 0 Å². The van der Waals surface area contributed by atoms with E-state index in [1.807, 2.05) is 46.9 Å². The van der Waals surface area contributed by atoms with Crippen molar-refractivity contribution in [1.82, 2.24) is 9.38 Å². The number of nitriles is 1. The third-order valence-electron chi connectivity index (χ3n) is 3.03. The lowest BCUT2D eigenvalue weighted by Crippen LogP contribution is -1.95. The summed E-state index contributed by atoms with van der Waals surface area (Å²) in [6.45, 7) is 0. The summed E-state index contributed by atoms with van der Waals surface area (Å²) in [6, 6.07) is 15.7. The van der Waals surface area contributed by atoms with Crippen LogP contribution in [0.1, 0.15) is 5.69 Å². The van der Waals surface area contributed by atoms with Gasteiger partial charge in [0.05, 0.1) is 23.9 Å². The molecule has 0 spiro atoms. The van der Waals surface area contributed by atoms with Crippen LogP contribution in [0.5, 0.6) is 0 Å². The van der Waals surface area contributed by atoms with Gasteiger partial charge >= 0.3 is 0 Å². The van der Waals surface area contributed by atoms with Gasteiger partial charge in [-0.25, -0.2) is 4.98 Å². The lowest BCUT2D eigenvalue weighted by atomic mass is 10.1. The maximum Gasteiger partial charge on any atom is 0.137 e. The van der Waals surface area contributed by atoms with Crippen LogP contribution < -0.4 is 5.73 Å². The van der Waals surface area contributed by atoms with E-state index in [1.54, 1.807) is 6.20 Å². The normalized spacial score (nSPS) is 10.5. The van der Waals surface area contributed by atoms with Crippen LogP contribution in [0.3, 0.4) is 0 Å². The van der Waals surface area contributed by atoms with E-state index in [-0.39, 0.29) is 0 Å². The molecule has 92 valence electrons. The molecule has 0 radical (unpaired) electrons. The highest BCUT2D eigenvalue weighted by Gasteiger charge is 2.13. The van der Waals surface area contributed by atoms with E-state index in [0.29, 0.717) is 12.1 Å². The minimum atomic E-state index is 0.300. The Morgan fingerprint density at radius 2 is 1.95 bits per heavy atom. The standard InChI is InChI=1S/C15H12N4/c16-9-8-13-15(11-4-2-1-3-5-11)18-14-7-6-12(17)10-19(13)14/h1-7,10H,8,17H2. The van der Waals surface area contributed by atoms with Crippen LogP contribution in [0, 0.1) is 11.3 Å². The van der Waals surface area contributed by atoms with Gasteiger partial charge in [-0.1, -0.05) is 30.3 Å². The monoisotopic (exact) mass is 248 g/mol. The molecule has 2 heterocycles. The molecule has 0 fully saturated rings. The molecule has 0 bridgehead atoms. The van der Waals surface area contributed by atoms with Gasteiger partial charge in [0.15, 0.2) is 0 Å². The van der Waals surface area contributed by atoms with Crippen molar-refractivity contribution in [3.05, 3.63) is 54.4 Å². The number of aromatic nitrogens is 2. The Hall–Kier alpha value is -2.80. The second-order valence-corrected chi connectivity index (χ2v) is 4.30. The smallest absolute Gasteiger partial charge is 0.137 e. The van der Waals surface area contributed by atoms with Crippen LogP contribution in [0.2, 0.25) is 0 Å². The first kappa shape index (κ1) is 11.3. The molecule has 0 atom stereocenters. The number of hydrogen-bond acceptors (Lipinski definition) is 3. The zero-order valence-corrected chi connectivity index (χ0v) is 10.2. The van der Waals surface area contributed by atoms with Gasteiger partial charge in [-0.3, -0.25) is 0 Å². The lowest BCUT2D eigenvalue weighted by molar-refractivity contribution is 1.06. The highest BCUT2D eigenvalue weighted by Crippen LogP contribution is 2.25. The predicted octanol–water partition coefficient (Wildman–Crippen LogP) is 2.65. The van der Waals surface area contributed by atoms with Crippen LogP contribution in [0.25, 0.3) is 16.9 Å². The van der Waals surface area contributed by atoms with Crippen molar-refractivity contribution in [1.29, 1.82) is 5.26 Å². The summed E-state index contributed by atoms with van der Waals surface area (Å²) in [4.78, 5) is 4.60. The van der Waals surface area contributed by atoms with E-state index in [9.17, 15) is 0 Å². The van der Waals surface area contributed by atoms with E-state index in [1.165, 1.54) is 0 Å². The van der Waals surface area contributed by atoms with Gasteiger partial charge in [-0.2, -0.15) is 5.26 Å². The molecule has 2 N–H and O–H groups in total. The molecule has 0 aliphatic carbocycles. The first-order valence-corrected chi connectivity index (χ1v) is 5.98. The van der Waals surface area contributed by atoms with E-state index in [2.05, 4.69) is 11.1 Å². The molecule has 0 aliphatic rings. The number of hydrogen-bond donors (Lipinski definition) is 1. The Labute approximate surface area is 110 Å². The number of pyridine rings is 1. The number of nitrogen functional groups attached to an aromatic ring is 1. The van der Waals surface area contributed by atoms with Crippen molar-refractivity contribution in [2.24, 2.45) is 0 Å². The minimum Gasteiger partial charge on any atom is -0.398 e. The summed E-state index contributed by atoms with van der Waals surface area (Å²) in [5.74, 6) is 0. The fourth-order valence-electron chi connectivity index (χ4n) is 2.18. The van der Waals surface area contributed by atoms with E-state index in [4.69, 9.17) is 11.0 Å². The number of imidazole rings is 1. The zero-order chi connectivity index (χ0) is 13.2. The third kappa shape index (κ3) is 1.91. The first-order valence-electron chi connectivity index (χ1n) is 5.98. The summed E-state index contributed by atoms with van der Waals surface area (Å²) < 4.78 is 1.89. The average Bonchev–Trinajstić information content (AvgIpc) is 2.79. The SMILES string of the molecule is N#CCc1c(-c2ccccc2)nc2ccc(N)cn12. The molecule has 0 amide bonds. The summed E-state index contributed by atoms with van der Waals surface area (Å²) in [7, 11) is 0. The highest BCUT2D eigenvalue weighted by molar-refractivity contribution is 5.67. The second kappa shape index (κ2) is 4.46. The summed E-state index contributed by atoms with van der Waals surface area (Å²) >= 11 is 0. The third-order valence-corrected chi connectivity index (χ3v) is 3.03. The maximum absolute atomic E-state index is 9.02. The fourth-order valence-corrected chi connectivity index (χ4v) is 2.18. The van der Waals surface area contributed by atoms with Gasteiger partial charge in [0.25, 0.3) is 0 Å². The van der Waals surface area contributed by atoms with E-state index < -0.39 is 0 Å². The van der Waals surface area contributed by atoms with Crippen LogP contribution in [-0.4, -0.2) is 9.38 Å². The van der Waals surface area contributed by atoms with Crippen molar-refractivity contribution in [2.45, 2.75) is 6.42 Å². The predicted molar refractivity (Wildman–Crippen MR) is 74.4 cm³/mol. The molecule has 4 heteroatoms. The van der Waals surface area contributed by atoms with Gasteiger partial charge in [0.1, 0.15) is 5.65 Å². The molecular weight excluding hydrogens is 236 g/mol. The molecule has 3 rings (SSSR count). The van der Waals surface area contributed by atoms with Crippen molar-refractivity contribution in [3.8, 4) is 17.3 Å². The van der Waals surface area contributed by atoms with Crippen molar-refractivity contribution in [2.75, 3.05) is 5.73 Å². The van der Waals surface area contributed by atoms with Gasteiger partial charge in [-0.05, 0) is 12.1 Å². The van der Waals surface area contributed by atoms with Crippen LogP contribution in [0.15, 0.2) is 48.7 Å². The van der Waals surface area contributed by atoms with Crippen LogP contribution in [0.4, 0.5) is 5.69 Å². The molecule has 0 saturated carbocycles. The van der Waals surface area contributed by atoms with Crippen molar-refractivity contribution < 1.29 is 0 Å². The van der Waals surface area contributed by atoms with Gasteiger partial charge in [0.2, 0.25) is 0 Å². The molecular formula is C15H12N4. The van der Waals surface area contributed by atoms with Crippen molar-refractivity contribution >= 4 is 11.3 Å². The second-order valence-electron chi connectivity index (χ2n) is 4.30. The van der Waals surface area contributed by atoms with Crippen LogP contribution in [-0.2, 0) is 6.42 Å². The van der Waals surface area contributed by atoms with E-state index >= 15 is 0 Å². The first-order chi connectivity index (χ1) is 9.29. The topological polar surface area (TPSA) is 67.1 Å². The molecule has 4 nitrogen and oxygen atoms in total. The largest absolute Gasteiger partial charge is 0.398 e. The maximum atomic E-state index is 9.02. The molecule has 0 unspecified atom stereocenters. The van der Waals surface area contributed by atoms with Gasteiger partial charge < -0.3 is 10.1 Å². The average molecular weight is 248 g/mol. The molecule has 2 aromatic heterocycles. The molecule has 1 aromatic carbocycles. The number of fused-ring (bicyclic) bond motifs is 1. The Kier molecular flexibility index (Phi) is 2.66. The quantitative estimate of drug-likeness (QED) is 0.758. The number of rotatable bonds is 2. The Bertz CT molecular complexity index is 766. The summed E-state index contributed by atoms with van der Waals surface area (Å²) in [5.41, 5.74) is 9.99. The van der Waals surface area contributed by atoms with Crippen LogP contribution >= 0.6 is 0 Å². The fraction of sp³-hybridized carbons (Fsp3) is 0.0667. The van der Waals surface area contributed by atoms with E-state index in [0.717, 1.165) is 22.6 Å². The summed E-state index contributed by atoms with van der Waals surface area (Å²) in [5, 5.41) is 9.02. The Morgan fingerprint density at radius 1 is 1.16 bits per heavy atom. The molecule has 0 saturated heterocycles. The summed E-state index contributed by atoms with van der Waals surface area (Å²) in [6.07, 6.45) is 2.11. The highest BCUT2D eigenvalue weighted by atomic mass is 15.0. The Balaban J connectivity index is 2.30. The number of nitrogens with zero attached hydrogens (tertiary/aromatic N) is 3. The number of nitrogens with two attached hydrogens (primary N) is 1. The zero-order valence-electron chi connectivity index (χ0n) is 10.2. The minimum absolute atomic E-state index is 0.300. The lowest BCUT2D eigenvalue weighted by Gasteiger charge is -2.01. The molecule has 19 heavy (non-hydrogen) atoms. The van der Waals surface area contributed by atoms with Gasteiger partial charge in [0, 0.05) is 17.4 Å².